The average molecular weight is 219 g/mol. The summed E-state index contributed by atoms with van der Waals surface area (Å²) in [6.45, 7) is 1.46. The molecule has 0 spiro atoms. The first-order chi connectivity index (χ1) is 7.84. The van der Waals surface area contributed by atoms with Gasteiger partial charge >= 0.3 is 0 Å². The zero-order valence-electron chi connectivity index (χ0n) is 8.49. The molecule has 6 heteroatoms. The minimum absolute atomic E-state index is 0.310. The van der Waals surface area contributed by atoms with Crippen LogP contribution in [0.4, 0.5) is 10.2 Å². The Labute approximate surface area is 91.5 Å². The number of aromatic nitrogens is 4. The lowest BCUT2D eigenvalue weighted by Gasteiger charge is -2.39. The third-order valence-corrected chi connectivity index (χ3v) is 2.71. The van der Waals surface area contributed by atoms with Gasteiger partial charge in [0.1, 0.15) is 6.33 Å². The second-order valence-electron chi connectivity index (χ2n) is 3.74. The van der Waals surface area contributed by atoms with Gasteiger partial charge in [-0.05, 0) is 6.07 Å². The van der Waals surface area contributed by atoms with Crippen molar-refractivity contribution in [2.24, 2.45) is 0 Å². The third-order valence-electron chi connectivity index (χ3n) is 2.71. The smallest absolute Gasteiger partial charge is 0.183 e. The van der Waals surface area contributed by atoms with Crippen LogP contribution < -0.4 is 4.90 Å². The van der Waals surface area contributed by atoms with E-state index in [0.717, 1.165) is 13.1 Å². The Hall–Kier alpha value is -1.98. The van der Waals surface area contributed by atoms with Crippen LogP contribution in [-0.4, -0.2) is 32.8 Å². The lowest BCUT2D eigenvalue weighted by Crippen LogP contribution is -2.48. The van der Waals surface area contributed by atoms with Crippen LogP contribution in [0.1, 0.15) is 6.04 Å². The molecule has 5 nitrogen and oxygen atoms in total. The van der Waals surface area contributed by atoms with Crippen LogP contribution in [-0.2, 0) is 0 Å². The fourth-order valence-electron chi connectivity index (χ4n) is 1.83. The Kier molecular flexibility index (Phi) is 2.05. The molecule has 3 rings (SSSR count). The van der Waals surface area contributed by atoms with E-state index in [1.54, 1.807) is 6.20 Å². The maximum atomic E-state index is 13.3. The van der Waals surface area contributed by atoms with E-state index in [1.165, 1.54) is 12.5 Å². The first-order valence-corrected chi connectivity index (χ1v) is 5.04. The lowest BCUT2D eigenvalue weighted by atomic mass is 10.1. The number of hydrogen-bond acceptors (Lipinski definition) is 4. The maximum absolute atomic E-state index is 13.3. The van der Waals surface area contributed by atoms with Crippen molar-refractivity contribution in [3.8, 4) is 0 Å². The standard InChI is InChI=1S/C10H10FN5/c11-9-4-12-7-13-10(9)15-5-8(6-15)16-3-1-2-14-16/h1-4,7-8H,5-6H2. The van der Waals surface area contributed by atoms with Crippen LogP contribution in [0.15, 0.2) is 31.0 Å². The molecule has 0 bridgehead atoms. The zero-order chi connectivity index (χ0) is 11.0. The zero-order valence-corrected chi connectivity index (χ0v) is 8.49. The lowest BCUT2D eigenvalue weighted by molar-refractivity contribution is 0.361. The van der Waals surface area contributed by atoms with Crippen LogP contribution in [0, 0.1) is 5.82 Å². The topological polar surface area (TPSA) is 46.8 Å². The minimum Gasteiger partial charge on any atom is -0.350 e. The molecule has 1 fully saturated rings. The van der Waals surface area contributed by atoms with Gasteiger partial charge in [-0.3, -0.25) is 4.68 Å². The highest BCUT2D eigenvalue weighted by Gasteiger charge is 2.30. The molecule has 16 heavy (non-hydrogen) atoms. The molecule has 0 N–H and O–H groups in total. The second kappa shape index (κ2) is 3.55. The molecule has 0 atom stereocenters. The third kappa shape index (κ3) is 1.42. The maximum Gasteiger partial charge on any atom is 0.183 e. The van der Waals surface area contributed by atoms with E-state index in [4.69, 9.17) is 0 Å². The molecule has 0 unspecified atom stereocenters. The van der Waals surface area contributed by atoms with Crippen LogP contribution in [0.25, 0.3) is 0 Å². The van der Waals surface area contributed by atoms with E-state index >= 15 is 0 Å². The van der Waals surface area contributed by atoms with Crippen LogP contribution in [0.5, 0.6) is 0 Å². The van der Waals surface area contributed by atoms with E-state index in [0.29, 0.717) is 11.9 Å². The Morgan fingerprint density at radius 2 is 2.25 bits per heavy atom. The molecule has 2 aromatic heterocycles. The Morgan fingerprint density at radius 3 is 2.94 bits per heavy atom. The summed E-state index contributed by atoms with van der Waals surface area (Å²) >= 11 is 0. The molecule has 1 aliphatic heterocycles. The van der Waals surface area contributed by atoms with Gasteiger partial charge in [-0.25, -0.2) is 14.4 Å². The normalized spacial score (nSPS) is 16.2. The van der Waals surface area contributed by atoms with Gasteiger partial charge in [-0.2, -0.15) is 5.10 Å². The minimum atomic E-state index is -0.374. The summed E-state index contributed by atoms with van der Waals surface area (Å²) in [5, 5.41) is 4.15. The number of rotatable bonds is 2. The van der Waals surface area contributed by atoms with Gasteiger partial charge in [0.15, 0.2) is 11.6 Å². The van der Waals surface area contributed by atoms with Gasteiger partial charge in [0.2, 0.25) is 0 Å². The van der Waals surface area contributed by atoms with Gasteiger partial charge in [0, 0.05) is 25.5 Å². The molecule has 0 radical (unpaired) electrons. The van der Waals surface area contributed by atoms with Crippen molar-refractivity contribution in [2.75, 3.05) is 18.0 Å². The molecule has 0 aliphatic carbocycles. The van der Waals surface area contributed by atoms with Crippen LogP contribution >= 0.6 is 0 Å². The first kappa shape index (κ1) is 9.26. The summed E-state index contributed by atoms with van der Waals surface area (Å²) in [7, 11) is 0. The number of halogens is 1. The fraction of sp³-hybridized carbons (Fsp3) is 0.300. The van der Waals surface area contributed by atoms with E-state index in [9.17, 15) is 4.39 Å². The summed E-state index contributed by atoms with van der Waals surface area (Å²) in [5.74, 6) is -0.000165. The number of anilines is 1. The molecular formula is C10H10FN5. The van der Waals surface area contributed by atoms with Gasteiger partial charge in [-0.15, -0.1) is 0 Å². The highest BCUT2D eigenvalue weighted by Crippen LogP contribution is 2.26. The first-order valence-electron chi connectivity index (χ1n) is 5.04. The van der Waals surface area contributed by atoms with Crippen molar-refractivity contribution in [3.63, 3.8) is 0 Å². The molecule has 1 aliphatic rings. The molecule has 0 amide bonds. The molecule has 3 heterocycles. The summed E-state index contributed by atoms with van der Waals surface area (Å²) in [6, 6.07) is 2.19. The Balaban J connectivity index is 1.72. The van der Waals surface area contributed by atoms with Gasteiger partial charge in [-0.1, -0.05) is 0 Å². The summed E-state index contributed by atoms with van der Waals surface area (Å²) in [4.78, 5) is 9.43. The molecule has 0 saturated carbocycles. The average Bonchev–Trinajstić information content (AvgIpc) is 2.72. The molecular weight excluding hydrogens is 209 g/mol. The van der Waals surface area contributed by atoms with Crippen molar-refractivity contribution in [1.82, 2.24) is 19.7 Å². The van der Waals surface area contributed by atoms with Crippen molar-refractivity contribution in [3.05, 3.63) is 36.8 Å². The van der Waals surface area contributed by atoms with Crippen molar-refractivity contribution in [1.29, 1.82) is 0 Å². The molecule has 0 aromatic carbocycles. The van der Waals surface area contributed by atoms with E-state index < -0.39 is 0 Å². The SMILES string of the molecule is Fc1cncnc1N1CC(n2cccn2)C1. The molecule has 2 aromatic rings. The number of hydrogen-bond donors (Lipinski definition) is 0. The van der Waals surface area contributed by atoms with Crippen molar-refractivity contribution >= 4 is 5.82 Å². The van der Waals surface area contributed by atoms with E-state index in [1.807, 2.05) is 21.8 Å². The highest BCUT2D eigenvalue weighted by molar-refractivity contribution is 5.41. The number of nitrogens with zero attached hydrogens (tertiary/aromatic N) is 5. The quantitative estimate of drug-likeness (QED) is 0.752. The van der Waals surface area contributed by atoms with Gasteiger partial charge in [0.25, 0.3) is 0 Å². The van der Waals surface area contributed by atoms with Crippen molar-refractivity contribution < 1.29 is 4.39 Å². The summed E-state index contributed by atoms with van der Waals surface area (Å²) < 4.78 is 15.2. The van der Waals surface area contributed by atoms with Crippen LogP contribution in [0.2, 0.25) is 0 Å². The van der Waals surface area contributed by atoms with E-state index in [-0.39, 0.29) is 5.82 Å². The monoisotopic (exact) mass is 219 g/mol. The Bertz CT molecular complexity index is 478. The van der Waals surface area contributed by atoms with Gasteiger partial charge < -0.3 is 4.90 Å². The molecule has 82 valence electrons. The van der Waals surface area contributed by atoms with Crippen LogP contribution in [0.3, 0.4) is 0 Å². The largest absolute Gasteiger partial charge is 0.350 e. The van der Waals surface area contributed by atoms with E-state index in [2.05, 4.69) is 15.1 Å². The summed E-state index contributed by atoms with van der Waals surface area (Å²) in [5.41, 5.74) is 0. The predicted molar refractivity (Wildman–Crippen MR) is 55.5 cm³/mol. The van der Waals surface area contributed by atoms with Gasteiger partial charge in [0.05, 0.1) is 12.2 Å². The fourth-order valence-corrected chi connectivity index (χ4v) is 1.83. The molecule has 1 saturated heterocycles. The Morgan fingerprint density at radius 1 is 1.38 bits per heavy atom. The second-order valence-corrected chi connectivity index (χ2v) is 3.74. The predicted octanol–water partition coefficient (Wildman–Crippen LogP) is 0.873. The van der Waals surface area contributed by atoms with Crippen molar-refractivity contribution in [2.45, 2.75) is 6.04 Å². The highest BCUT2D eigenvalue weighted by atomic mass is 19.1. The summed E-state index contributed by atoms with van der Waals surface area (Å²) in [6.07, 6.45) is 6.20.